The van der Waals surface area contributed by atoms with Gasteiger partial charge in [-0.1, -0.05) is 57.5 Å². The molecule has 3 nitrogen and oxygen atoms in total. The number of aromatic hydroxyl groups is 1. The van der Waals surface area contributed by atoms with Crippen molar-refractivity contribution in [2.75, 3.05) is 5.32 Å². The summed E-state index contributed by atoms with van der Waals surface area (Å²) in [6.45, 7) is 8.36. The Hall–Kier alpha value is -2.00. The maximum Gasteiger partial charge on any atom is 0.259 e. The Bertz CT molecular complexity index is 697. The van der Waals surface area contributed by atoms with Crippen LogP contribution in [0, 0.1) is 0 Å². The highest BCUT2D eigenvalue weighted by atomic mass is 35.5. The summed E-state index contributed by atoms with van der Waals surface area (Å²) in [6, 6.07) is 10.5. The van der Waals surface area contributed by atoms with Gasteiger partial charge in [0.05, 0.1) is 5.56 Å². The van der Waals surface area contributed by atoms with E-state index in [1.165, 1.54) is 12.1 Å². The topological polar surface area (TPSA) is 49.3 Å². The molecule has 0 aliphatic heterocycles. The van der Waals surface area contributed by atoms with Crippen LogP contribution in [-0.4, -0.2) is 11.0 Å². The Morgan fingerprint density at radius 1 is 1.04 bits per heavy atom. The van der Waals surface area contributed by atoms with Crippen molar-refractivity contribution >= 4 is 23.2 Å². The molecule has 0 bridgehead atoms. The Kier molecular flexibility index (Phi) is 5.32. The predicted molar refractivity (Wildman–Crippen MR) is 95.7 cm³/mol. The molecule has 2 rings (SSSR count). The van der Waals surface area contributed by atoms with Gasteiger partial charge in [-0.3, -0.25) is 4.79 Å². The number of rotatable bonds is 4. The fraction of sp³-hybridized carbons (Fsp3) is 0.316. The van der Waals surface area contributed by atoms with E-state index in [0.29, 0.717) is 5.02 Å². The summed E-state index contributed by atoms with van der Waals surface area (Å²) in [4.78, 5) is 12.6. The summed E-state index contributed by atoms with van der Waals surface area (Å²) in [7, 11) is 0. The smallest absolute Gasteiger partial charge is 0.259 e. The number of amides is 1. The molecule has 0 aliphatic rings. The lowest BCUT2D eigenvalue weighted by atomic mass is 9.92. The quantitative estimate of drug-likeness (QED) is 0.772. The minimum atomic E-state index is -0.361. The molecule has 23 heavy (non-hydrogen) atoms. The molecular formula is C19H22ClNO2. The first-order chi connectivity index (χ1) is 10.8. The summed E-state index contributed by atoms with van der Waals surface area (Å²) in [6.07, 6.45) is 0. The summed E-state index contributed by atoms with van der Waals surface area (Å²) in [5.74, 6) is 0.106. The number of anilines is 1. The second-order valence-corrected chi connectivity index (χ2v) is 6.67. The Morgan fingerprint density at radius 2 is 1.61 bits per heavy atom. The average molecular weight is 332 g/mol. The first-order valence-electron chi connectivity index (χ1n) is 7.74. The number of para-hydroxylation sites is 1. The number of hydrogen-bond acceptors (Lipinski definition) is 2. The zero-order valence-electron chi connectivity index (χ0n) is 13.9. The Balaban J connectivity index is 2.46. The normalized spacial score (nSPS) is 11.1. The van der Waals surface area contributed by atoms with Crippen molar-refractivity contribution in [3.63, 3.8) is 0 Å². The van der Waals surface area contributed by atoms with Crippen LogP contribution in [0.15, 0.2) is 36.4 Å². The molecule has 0 atom stereocenters. The number of halogens is 1. The number of benzene rings is 2. The van der Waals surface area contributed by atoms with Crippen molar-refractivity contribution in [1.29, 1.82) is 0 Å². The number of phenols is 1. The van der Waals surface area contributed by atoms with E-state index in [0.717, 1.165) is 16.8 Å². The number of carbonyl (C=O) groups excluding carboxylic acids is 1. The van der Waals surface area contributed by atoms with Crippen molar-refractivity contribution in [3.8, 4) is 5.75 Å². The summed E-state index contributed by atoms with van der Waals surface area (Å²) >= 11 is 5.94. The van der Waals surface area contributed by atoms with E-state index < -0.39 is 0 Å². The Morgan fingerprint density at radius 3 is 2.13 bits per heavy atom. The number of hydrogen-bond donors (Lipinski definition) is 2. The molecule has 2 N–H and O–H groups in total. The molecule has 4 heteroatoms. The second-order valence-electron chi connectivity index (χ2n) is 6.24. The molecule has 0 aliphatic carbocycles. The molecule has 0 radical (unpaired) electrons. The molecule has 2 aromatic rings. The van der Waals surface area contributed by atoms with E-state index in [-0.39, 0.29) is 29.1 Å². The molecule has 0 aromatic heterocycles. The standard InChI is InChI=1S/C19H22ClNO2/c1-11(2)14-6-5-7-15(12(3)4)18(14)21-19(23)16-10-13(20)8-9-17(16)22/h5-12,22H,1-4H3,(H,21,23). The zero-order chi connectivity index (χ0) is 17.1. The monoisotopic (exact) mass is 331 g/mol. The minimum absolute atomic E-state index is 0.0833. The second kappa shape index (κ2) is 7.05. The lowest BCUT2D eigenvalue weighted by Crippen LogP contribution is -2.16. The van der Waals surface area contributed by atoms with E-state index in [2.05, 4.69) is 33.0 Å². The Labute approximate surface area is 142 Å². The van der Waals surface area contributed by atoms with Crippen LogP contribution in [0.3, 0.4) is 0 Å². The number of nitrogens with one attached hydrogen (secondary N) is 1. The fourth-order valence-electron chi connectivity index (χ4n) is 2.57. The van der Waals surface area contributed by atoms with Crippen LogP contribution < -0.4 is 5.32 Å². The van der Waals surface area contributed by atoms with Gasteiger partial charge in [0.25, 0.3) is 5.91 Å². The van der Waals surface area contributed by atoms with Gasteiger partial charge in [-0.05, 0) is 41.2 Å². The van der Waals surface area contributed by atoms with E-state index in [1.54, 1.807) is 6.07 Å². The third kappa shape index (κ3) is 3.85. The van der Waals surface area contributed by atoms with Crippen molar-refractivity contribution in [3.05, 3.63) is 58.1 Å². The molecular weight excluding hydrogens is 310 g/mol. The minimum Gasteiger partial charge on any atom is -0.507 e. The van der Waals surface area contributed by atoms with Crippen molar-refractivity contribution < 1.29 is 9.90 Å². The molecule has 0 heterocycles. The maximum atomic E-state index is 12.6. The van der Waals surface area contributed by atoms with Crippen LogP contribution in [0.2, 0.25) is 5.02 Å². The molecule has 0 saturated carbocycles. The predicted octanol–water partition coefficient (Wildman–Crippen LogP) is 5.54. The first kappa shape index (κ1) is 17.4. The fourth-order valence-corrected chi connectivity index (χ4v) is 2.74. The SMILES string of the molecule is CC(C)c1cccc(C(C)C)c1NC(=O)c1cc(Cl)ccc1O. The van der Waals surface area contributed by atoms with Crippen molar-refractivity contribution in [2.45, 2.75) is 39.5 Å². The maximum absolute atomic E-state index is 12.6. The van der Waals surface area contributed by atoms with Gasteiger partial charge in [-0.2, -0.15) is 0 Å². The van der Waals surface area contributed by atoms with Gasteiger partial charge in [0, 0.05) is 10.7 Å². The first-order valence-corrected chi connectivity index (χ1v) is 8.11. The van der Waals surface area contributed by atoms with Crippen LogP contribution in [-0.2, 0) is 0 Å². The van der Waals surface area contributed by atoms with Gasteiger partial charge in [-0.25, -0.2) is 0 Å². The van der Waals surface area contributed by atoms with Crippen LogP contribution in [0.1, 0.15) is 61.0 Å². The summed E-state index contributed by atoms with van der Waals surface area (Å²) in [5, 5.41) is 13.3. The molecule has 2 aromatic carbocycles. The van der Waals surface area contributed by atoms with Gasteiger partial charge >= 0.3 is 0 Å². The molecule has 122 valence electrons. The molecule has 0 spiro atoms. The highest BCUT2D eigenvalue weighted by Crippen LogP contribution is 2.33. The van der Waals surface area contributed by atoms with Gasteiger partial charge in [0.1, 0.15) is 5.75 Å². The lowest BCUT2D eigenvalue weighted by molar-refractivity contribution is 0.102. The third-order valence-corrected chi connectivity index (χ3v) is 4.05. The van der Waals surface area contributed by atoms with E-state index >= 15 is 0 Å². The highest BCUT2D eigenvalue weighted by Gasteiger charge is 2.18. The van der Waals surface area contributed by atoms with Gasteiger partial charge in [0.15, 0.2) is 0 Å². The van der Waals surface area contributed by atoms with Crippen molar-refractivity contribution in [1.82, 2.24) is 0 Å². The zero-order valence-corrected chi connectivity index (χ0v) is 14.6. The summed E-state index contributed by atoms with van der Waals surface area (Å²) < 4.78 is 0. The van der Waals surface area contributed by atoms with Gasteiger partial charge < -0.3 is 10.4 Å². The van der Waals surface area contributed by atoms with Crippen LogP contribution in [0.4, 0.5) is 5.69 Å². The number of carbonyl (C=O) groups is 1. The summed E-state index contributed by atoms with van der Waals surface area (Å²) in [5.41, 5.74) is 3.14. The highest BCUT2D eigenvalue weighted by molar-refractivity contribution is 6.31. The molecule has 0 fully saturated rings. The molecule has 0 saturated heterocycles. The molecule has 0 unspecified atom stereocenters. The van der Waals surface area contributed by atoms with E-state index in [1.807, 2.05) is 18.2 Å². The van der Waals surface area contributed by atoms with E-state index in [9.17, 15) is 9.90 Å². The average Bonchev–Trinajstić information content (AvgIpc) is 2.49. The van der Waals surface area contributed by atoms with Crippen molar-refractivity contribution in [2.24, 2.45) is 0 Å². The lowest BCUT2D eigenvalue weighted by Gasteiger charge is -2.20. The van der Waals surface area contributed by atoms with Gasteiger partial charge in [0.2, 0.25) is 0 Å². The van der Waals surface area contributed by atoms with Crippen LogP contribution in [0.25, 0.3) is 0 Å². The van der Waals surface area contributed by atoms with E-state index in [4.69, 9.17) is 11.6 Å². The van der Waals surface area contributed by atoms with Crippen LogP contribution >= 0.6 is 11.6 Å². The van der Waals surface area contributed by atoms with Gasteiger partial charge in [-0.15, -0.1) is 0 Å². The third-order valence-electron chi connectivity index (χ3n) is 3.81. The molecule has 1 amide bonds. The van der Waals surface area contributed by atoms with Crippen LogP contribution in [0.5, 0.6) is 5.75 Å². The largest absolute Gasteiger partial charge is 0.507 e. The number of phenolic OH excluding ortho intramolecular Hbond substituents is 1.